The molecule has 2 amide bonds. The van der Waals surface area contributed by atoms with E-state index in [-0.39, 0.29) is 40.7 Å². The lowest BCUT2D eigenvalue weighted by Crippen LogP contribution is -2.45. The van der Waals surface area contributed by atoms with E-state index in [2.05, 4.69) is 21.3 Å². The first-order chi connectivity index (χ1) is 13.9. The van der Waals surface area contributed by atoms with Crippen LogP contribution in [0.3, 0.4) is 0 Å². The van der Waals surface area contributed by atoms with Crippen molar-refractivity contribution in [2.45, 2.75) is 37.8 Å². The highest BCUT2D eigenvalue weighted by Crippen LogP contribution is 2.58. The highest BCUT2D eigenvalue weighted by Gasteiger charge is 2.60. The van der Waals surface area contributed by atoms with Crippen molar-refractivity contribution in [3.05, 3.63) is 29.0 Å². The Kier molecular flexibility index (Phi) is 5.94. The number of amides is 2. The van der Waals surface area contributed by atoms with Gasteiger partial charge in [0.15, 0.2) is 6.61 Å². The van der Waals surface area contributed by atoms with Crippen LogP contribution in [0.25, 0.3) is 0 Å². The summed E-state index contributed by atoms with van der Waals surface area (Å²) in [7, 11) is 0. The molecule has 1 saturated heterocycles. The van der Waals surface area contributed by atoms with Crippen molar-refractivity contribution >= 4 is 23.4 Å². The number of carbonyl (C=O) groups is 2. The van der Waals surface area contributed by atoms with Crippen LogP contribution in [-0.4, -0.2) is 50.3 Å². The molecule has 2 atom stereocenters. The number of nitrogens with one attached hydrogen (secondary N) is 4. The van der Waals surface area contributed by atoms with Crippen molar-refractivity contribution < 1.29 is 18.7 Å². The second-order valence-corrected chi connectivity index (χ2v) is 8.68. The van der Waals surface area contributed by atoms with Crippen molar-refractivity contribution in [1.29, 1.82) is 0 Å². The maximum absolute atomic E-state index is 13.4. The smallest absolute Gasteiger partial charge is 0.258 e. The van der Waals surface area contributed by atoms with Crippen LogP contribution < -0.4 is 26.0 Å². The minimum absolute atomic E-state index is 0.00674. The first-order valence-corrected chi connectivity index (χ1v) is 10.4. The van der Waals surface area contributed by atoms with E-state index in [4.69, 9.17) is 16.3 Å². The van der Waals surface area contributed by atoms with Gasteiger partial charge in [0.05, 0.1) is 10.4 Å². The summed E-state index contributed by atoms with van der Waals surface area (Å²) >= 11 is 5.63. The largest absolute Gasteiger partial charge is 0.484 e. The topological polar surface area (TPSA) is 91.5 Å². The number of ether oxygens (including phenoxy) is 1. The third kappa shape index (κ3) is 4.49. The van der Waals surface area contributed by atoms with Gasteiger partial charge in [-0.2, -0.15) is 0 Å². The van der Waals surface area contributed by atoms with Crippen LogP contribution in [0.15, 0.2) is 18.2 Å². The summed E-state index contributed by atoms with van der Waals surface area (Å²) in [6.45, 7) is 2.21. The van der Waals surface area contributed by atoms with Crippen molar-refractivity contribution in [3.63, 3.8) is 0 Å². The van der Waals surface area contributed by atoms with Gasteiger partial charge in [-0.3, -0.25) is 9.59 Å². The van der Waals surface area contributed by atoms with Gasteiger partial charge in [0.2, 0.25) is 5.91 Å². The fourth-order valence-electron chi connectivity index (χ4n) is 4.68. The van der Waals surface area contributed by atoms with Gasteiger partial charge in [-0.05, 0) is 43.7 Å². The summed E-state index contributed by atoms with van der Waals surface area (Å²) in [5, 5.41) is 12.6. The van der Waals surface area contributed by atoms with Gasteiger partial charge in [-0.1, -0.05) is 11.6 Å². The van der Waals surface area contributed by atoms with Gasteiger partial charge in [-0.25, -0.2) is 4.39 Å². The SMILES string of the molecule is O=C(COc1ccc(Cl)c(F)c1)NC1CC2(C(=O)NCCC3CNCN3)CC1C2. The van der Waals surface area contributed by atoms with Crippen LogP contribution in [0.1, 0.15) is 25.7 Å². The van der Waals surface area contributed by atoms with E-state index in [0.29, 0.717) is 24.9 Å². The molecule has 3 saturated carbocycles. The average molecular weight is 425 g/mol. The van der Waals surface area contributed by atoms with Crippen LogP contribution >= 0.6 is 11.6 Å². The molecular weight excluding hydrogens is 399 g/mol. The Morgan fingerprint density at radius 1 is 1.31 bits per heavy atom. The quantitative estimate of drug-likeness (QED) is 0.503. The van der Waals surface area contributed by atoms with Gasteiger partial charge in [0, 0.05) is 37.9 Å². The Labute approximate surface area is 174 Å². The monoisotopic (exact) mass is 424 g/mol. The molecule has 4 fully saturated rings. The number of hydrogen-bond donors (Lipinski definition) is 4. The Bertz CT molecular complexity index is 781. The second-order valence-electron chi connectivity index (χ2n) is 8.27. The van der Waals surface area contributed by atoms with Gasteiger partial charge < -0.3 is 26.0 Å². The predicted molar refractivity (Wildman–Crippen MR) is 106 cm³/mol. The van der Waals surface area contributed by atoms with E-state index in [9.17, 15) is 14.0 Å². The highest BCUT2D eigenvalue weighted by atomic mass is 35.5. The predicted octanol–water partition coefficient (Wildman–Crippen LogP) is 1.17. The zero-order chi connectivity index (χ0) is 20.4. The standard InChI is InChI=1S/C20H26ClFN4O3/c21-15-2-1-14(5-16(15)22)29-10-18(27)26-17-8-20(6-12(17)7-20)19(28)24-4-3-13-9-23-11-25-13/h1-2,5,12-13,17,23,25H,3-4,6-11H2,(H,24,28)(H,26,27). The van der Waals surface area contributed by atoms with Gasteiger partial charge in [0.25, 0.3) is 5.91 Å². The molecule has 158 valence electrons. The van der Waals surface area contributed by atoms with Crippen LogP contribution in [0.2, 0.25) is 5.02 Å². The molecule has 2 bridgehead atoms. The van der Waals surface area contributed by atoms with E-state index in [1.165, 1.54) is 12.1 Å². The molecule has 1 aromatic carbocycles. The Balaban J connectivity index is 1.19. The first-order valence-electron chi connectivity index (χ1n) is 10.0. The molecule has 1 aliphatic heterocycles. The number of carbonyl (C=O) groups excluding carboxylic acids is 2. The molecule has 4 N–H and O–H groups in total. The fraction of sp³-hybridized carbons (Fsp3) is 0.600. The number of halogens is 2. The van der Waals surface area contributed by atoms with E-state index >= 15 is 0 Å². The van der Waals surface area contributed by atoms with Crippen molar-refractivity contribution in [2.75, 3.05) is 26.4 Å². The van der Waals surface area contributed by atoms with Gasteiger partial charge in [0.1, 0.15) is 11.6 Å². The number of rotatable bonds is 8. The molecule has 4 aliphatic rings. The average Bonchev–Trinajstić information content (AvgIpc) is 3.37. The lowest BCUT2D eigenvalue weighted by Gasteiger charge is -2.36. The molecule has 3 aliphatic carbocycles. The molecule has 0 aromatic heterocycles. The summed E-state index contributed by atoms with van der Waals surface area (Å²) in [6.07, 6.45) is 3.20. The van der Waals surface area contributed by atoms with Crippen LogP contribution in [0.5, 0.6) is 5.75 Å². The minimum atomic E-state index is -0.589. The van der Waals surface area contributed by atoms with E-state index in [0.717, 1.165) is 38.5 Å². The van der Waals surface area contributed by atoms with Crippen molar-refractivity contribution in [3.8, 4) is 5.75 Å². The van der Waals surface area contributed by atoms with E-state index in [1.54, 1.807) is 0 Å². The minimum Gasteiger partial charge on any atom is -0.484 e. The third-order valence-electron chi connectivity index (χ3n) is 6.26. The summed E-state index contributed by atoms with van der Waals surface area (Å²) in [5.41, 5.74) is -0.343. The molecule has 7 nitrogen and oxygen atoms in total. The molecular formula is C20H26ClFN4O3. The van der Waals surface area contributed by atoms with Gasteiger partial charge in [-0.15, -0.1) is 0 Å². The molecule has 5 rings (SSSR count). The third-order valence-corrected chi connectivity index (χ3v) is 6.57. The van der Waals surface area contributed by atoms with E-state index in [1.807, 2.05) is 0 Å². The zero-order valence-corrected chi connectivity index (χ0v) is 16.9. The Hall–Kier alpha value is -1.90. The zero-order valence-electron chi connectivity index (χ0n) is 16.1. The molecule has 0 spiro atoms. The lowest BCUT2D eigenvalue weighted by atomic mass is 9.69. The normalized spacial score (nSPS) is 29.9. The van der Waals surface area contributed by atoms with E-state index < -0.39 is 5.82 Å². The Morgan fingerprint density at radius 2 is 2.14 bits per heavy atom. The highest BCUT2D eigenvalue weighted by molar-refractivity contribution is 6.30. The molecule has 1 aromatic rings. The number of benzene rings is 1. The summed E-state index contributed by atoms with van der Waals surface area (Å²) in [6, 6.07) is 4.45. The first kappa shape index (κ1) is 20.4. The Morgan fingerprint density at radius 3 is 2.86 bits per heavy atom. The molecule has 0 radical (unpaired) electrons. The summed E-state index contributed by atoms with van der Waals surface area (Å²) in [5.74, 6) is -0.175. The van der Waals surface area contributed by atoms with Crippen LogP contribution in [0, 0.1) is 17.2 Å². The summed E-state index contributed by atoms with van der Waals surface area (Å²) in [4.78, 5) is 24.9. The van der Waals surface area contributed by atoms with Crippen molar-refractivity contribution in [2.24, 2.45) is 11.3 Å². The lowest BCUT2D eigenvalue weighted by molar-refractivity contribution is -0.134. The van der Waals surface area contributed by atoms with Crippen LogP contribution in [-0.2, 0) is 9.59 Å². The molecule has 1 heterocycles. The molecule has 2 unspecified atom stereocenters. The molecule has 29 heavy (non-hydrogen) atoms. The summed E-state index contributed by atoms with van der Waals surface area (Å²) < 4.78 is 18.8. The van der Waals surface area contributed by atoms with Gasteiger partial charge >= 0.3 is 0 Å². The number of hydrogen-bond acceptors (Lipinski definition) is 5. The van der Waals surface area contributed by atoms with Crippen molar-refractivity contribution in [1.82, 2.24) is 21.3 Å². The van der Waals surface area contributed by atoms with Crippen LogP contribution in [0.4, 0.5) is 4.39 Å². The number of fused-ring (bicyclic) bond motifs is 1. The second kappa shape index (κ2) is 8.45. The maximum atomic E-state index is 13.4. The molecule has 9 heteroatoms. The fourth-order valence-corrected chi connectivity index (χ4v) is 4.80. The maximum Gasteiger partial charge on any atom is 0.258 e.